The summed E-state index contributed by atoms with van der Waals surface area (Å²) in [6.45, 7) is 4.67. The molecule has 0 radical (unpaired) electrons. The van der Waals surface area contributed by atoms with E-state index in [0.29, 0.717) is 12.5 Å². The molecule has 0 N–H and O–H groups in total. The molecule has 6 heteroatoms. The molecule has 0 aromatic heterocycles. The van der Waals surface area contributed by atoms with Crippen LogP contribution in [0.25, 0.3) is 6.08 Å². The molecule has 0 fully saturated rings. The first-order valence-corrected chi connectivity index (χ1v) is 6.10. The molecular formula is C15H20O5Ti. The molecule has 0 saturated heterocycles. The van der Waals surface area contributed by atoms with Gasteiger partial charge < -0.3 is 20.4 Å². The van der Waals surface area contributed by atoms with Gasteiger partial charge in [0.2, 0.25) is 0 Å². The van der Waals surface area contributed by atoms with Crippen molar-refractivity contribution >= 4 is 12.0 Å². The summed E-state index contributed by atoms with van der Waals surface area (Å²) in [7, 11) is 1.62. The monoisotopic (exact) mass is 328 g/mol. The Labute approximate surface area is 140 Å². The van der Waals surface area contributed by atoms with Crippen molar-refractivity contribution in [3.63, 3.8) is 0 Å². The van der Waals surface area contributed by atoms with Crippen molar-refractivity contribution in [1.29, 1.82) is 0 Å². The Bertz CT molecular complexity index is 401. The van der Waals surface area contributed by atoms with Gasteiger partial charge in [-0.3, -0.25) is 0 Å². The average molecular weight is 328 g/mol. The fourth-order valence-electron chi connectivity index (χ4n) is 1.32. The molecule has 0 heterocycles. The van der Waals surface area contributed by atoms with Crippen LogP contribution in [0, 0.1) is 5.92 Å². The number of ether oxygens (including phenoxy) is 2. The first kappa shape index (κ1) is 24.9. The maximum atomic E-state index is 11.4. The van der Waals surface area contributed by atoms with Crippen LogP contribution in [0.4, 0.5) is 0 Å². The van der Waals surface area contributed by atoms with Crippen LogP contribution in [0.15, 0.2) is 30.3 Å². The molecule has 0 amide bonds. The van der Waals surface area contributed by atoms with Crippen LogP contribution in [0.5, 0.6) is 5.75 Å². The standard InChI is InChI=1S/C15H20O3.2O.Ti/c1-12(2)10-11-18-15(16)9-6-13-4-7-14(17-3)8-5-13;;;/h4-9,12H,10-11H2,1-3H3;;;/q;2*-2;+4. The third-order valence-electron chi connectivity index (χ3n) is 2.47. The maximum absolute atomic E-state index is 11.4. The van der Waals surface area contributed by atoms with E-state index in [9.17, 15) is 4.79 Å². The van der Waals surface area contributed by atoms with Crippen LogP contribution in [-0.2, 0) is 42.2 Å². The van der Waals surface area contributed by atoms with Gasteiger partial charge in [-0.2, -0.15) is 0 Å². The van der Waals surface area contributed by atoms with Crippen molar-refractivity contribution in [3.05, 3.63) is 35.9 Å². The average Bonchev–Trinajstić information content (AvgIpc) is 2.36. The van der Waals surface area contributed by atoms with Crippen molar-refractivity contribution in [2.24, 2.45) is 5.92 Å². The Morgan fingerprint density at radius 1 is 1.19 bits per heavy atom. The summed E-state index contributed by atoms with van der Waals surface area (Å²) in [6, 6.07) is 7.47. The van der Waals surface area contributed by atoms with E-state index >= 15 is 0 Å². The number of hydrogen-bond acceptors (Lipinski definition) is 3. The zero-order chi connectivity index (χ0) is 13.4. The third-order valence-corrected chi connectivity index (χ3v) is 2.47. The van der Waals surface area contributed by atoms with E-state index in [-0.39, 0.29) is 38.6 Å². The normalized spacial score (nSPS) is 9.33. The Balaban J connectivity index is -0.00000108. The molecule has 0 aliphatic rings. The number of benzene rings is 1. The molecule has 0 aliphatic heterocycles. The topological polar surface area (TPSA) is 92.5 Å². The molecule has 0 spiro atoms. The van der Waals surface area contributed by atoms with Crippen LogP contribution >= 0.6 is 0 Å². The van der Waals surface area contributed by atoms with Crippen LogP contribution in [0.2, 0.25) is 0 Å². The predicted octanol–water partition coefficient (Wildman–Crippen LogP) is 3.06. The Morgan fingerprint density at radius 3 is 2.24 bits per heavy atom. The van der Waals surface area contributed by atoms with E-state index in [1.807, 2.05) is 24.3 Å². The van der Waals surface area contributed by atoms with E-state index in [0.717, 1.165) is 17.7 Å². The van der Waals surface area contributed by atoms with Gasteiger partial charge in [0, 0.05) is 6.08 Å². The van der Waals surface area contributed by atoms with Gasteiger partial charge >= 0.3 is 27.7 Å². The van der Waals surface area contributed by atoms with Gasteiger partial charge in [-0.1, -0.05) is 26.0 Å². The van der Waals surface area contributed by atoms with Crippen molar-refractivity contribution < 1.29 is 46.9 Å². The minimum Gasteiger partial charge on any atom is -2.00 e. The minimum atomic E-state index is -0.300. The smallest absolute Gasteiger partial charge is 2.00 e. The number of methoxy groups -OCH3 is 1. The molecule has 114 valence electrons. The predicted molar refractivity (Wildman–Crippen MR) is 73.8 cm³/mol. The fourth-order valence-corrected chi connectivity index (χ4v) is 1.32. The molecule has 1 aromatic rings. The number of hydrogen-bond donors (Lipinski definition) is 0. The first-order valence-electron chi connectivity index (χ1n) is 6.10. The SMILES string of the molecule is COc1ccc(C=CC(=O)OCCC(C)C)cc1.[O-2].[O-2].[Ti+4]. The summed E-state index contributed by atoms with van der Waals surface area (Å²) in [5.74, 6) is 1.04. The zero-order valence-corrected chi connectivity index (χ0v) is 14.1. The van der Waals surface area contributed by atoms with Gasteiger partial charge in [-0.25, -0.2) is 4.79 Å². The summed E-state index contributed by atoms with van der Waals surface area (Å²) in [4.78, 5) is 11.4. The van der Waals surface area contributed by atoms with Crippen molar-refractivity contribution in [2.75, 3.05) is 13.7 Å². The van der Waals surface area contributed by atoms with Crippen molar-refractivity contribution in [1.82, 2.24) is 0 Å². The van der Waals surface area contributed by atoms with E-state index in [1.54, 1.807) is 13.2 Å². The molecule has 1 rings (SSSR count). The van der Waals surface area contributed by atoms with Crippen LogP contribution in [0.3, 0.4) is 0 Å². The van der Waals surface area contributed by atoms with E-state index in [4.69, 9.17) is 9.47 Å². The molecule has 0 bridgehead atoms. The van der Waals surface area contributed by atoms with Crippen molar-refractivity contribution in [3.8, 4) is 5.75 Å². The molecular weight excluding hydrogens is 308 g/mol. The summed E-state index contributed by atoms with van der Waals surface area (Å²) in [5.41, 5.74) is 0.941. The van der Waals surface area contributed by atoms with Crippen LogP contribution in [0.1, 0.15) is 25.8 Å². The molecule has 0 atom stereocenters. The number of carbonyl (C=O) groups is 1. The second-order valence-electron chi connectivity index (χ2n) is 4.46. The fraction of sp³-hybridized carbons (Fsp3) is 0.400. The summed E-state index contributed by atoms with van der Waals surface area (Å²) in [5, 5.41) is 0. The molecule has 0 saturated carbocycles. The van der Waals surface area contributed by atoms with Gasteiger partial charge in [0.15, 0.2) is 0 Å². The second-order valence-corrected chi connectivity index (χ2v) is 4.46. The number of rotatable bonds is 6. The Hall–Kier alpha value is -1.14. The Morgan fingerprint density at radius 2 is 1.76 bits per heavy atom. The second kappa shape index (κ2) is 13.8. The summed E-state index contributed by atoms with van der Waals surface area (Å²) < 4.78 is 10.1. The maximum Gasteiger partial charge on any atom is 4.00 e. The van der Waals surface area contributed by atoms with E-state index < -0.39 is 0 Å². The third kappa shape index (κ3) is 11.2. The van der Waals surface area contributed by atoms with Gasteiger partial charge in [-0.15, -0.1) is 0 Å². The number of carbonyl (C=O) groups excluding carboxylic acids is 1. The molecule has 5 nitrogen and oxygen atoms in total. The number of esters is 1. The molecule has 21 heavy (non-hydrogen) atoms. The Kier molecular flexibility index (Phi) is 16.4. The zero-order valence-electron chi connectivity index (χ0n) is 12.5. The molecule has 0 aliphatic carbocycles. The van der Waals surface area contributed by atoms with Crippen LogP contribution < -0.4 is 4.74 Å². The molecule has 0 unspecified atom stereocenters. The van der Waals surface area contributed by atoms with Gasteiger partial charge in [0.05, 0.1) is 13.7 Å². The van der Waals surface area contributed by atoms with Gasteiger partial charge in [0.25, 0.3) is 0 Å². The van der Waals surface area contributed by atoms with Gasteiger partial charge in [0.1, 0.15) is 5.75 Å². The minimum absolute atomic E-state index is 0. The van der Waals surface area contributed by atoms with E-state index in [2.05, 4.69) is 13.8 Å². The van der Waals surface area contributed by atoms with E-state index in [1.165, 1.54) is 6.08 Å². The first-order chi connectivity index (χ1) is 8.61. The van der Waals surface area contributed by atoms with Gasteiger partial charge in [-0.05, 0) is 36.1 Å². The van der Waals surface area contributed by atoms with Crippen molar-refractivity contribution in [2.45, 2.75) is 20.3 Å². The largest absolute Gasteiger partial charge is 4.00 e. The molecule has 1 aromatic carbocycles. The quantitative estimate of drug-likeness (QED) is 0.456. The summed E-state index contributed by atoms with van der Waals surface area (Å²) >= 11 is 0. The van der Waals surface area contributed by atoms with Crippen LogP contribution in [-0.4, -0.2) is 19.7 Å². The summed E-state index contributed by atoms with van der Waals surface area (Å²) in [6.07, 6.45) is 4.07.